The highest BCUT2D eigenvalue weighted by Crippen LogP contribution is 2.39. The number of nitrogens with one attached hydrogen (secondary N) is 4. The first-order valence-corrected chi connectivity index (χ1v) is 11.5. The Morgan fingerprint density at radius 3 is 2.44 bits per heavy atom. The summed E-state index contributed by atoms with van der Waals surface area (Å²) in [6.07, 6.45) is 3.16. The lowest BCUT2D eigenvalue weighted by Crippen LogP contribution is -2.45. The zero-order valence-electron chi connectivity index (χ0n) is 19.0. The van der Waals surface area contributed by atoms with Gasteiger partial charge in [0.1, 0.15) is 11.2 Å². The van der Waals surface area contributed by atoms with Gasteiger partial charge in [-0.25, -0.2) is 0 Å². The molecule has 1 aliphatic carbocycles. The van der Waals surface area contributed by atoms with Crippen molar-refractivity contribution in [1.82, 2.24) is 20.8 Å². The van der Waals surface area contributed by atoms with Gasteiger partial charge in [0.2, 0.25) is 5.91 Å². The van der Waals surface area contributed by atoms with Crippen molar-refractivity contribution in [1.29, 1.82) is 0 Å². The Bertz CT molecular complexity index is 1330. The number of amides is 2. The summed E-state index contributed by atoms with van der Waals surface area (Å²) in [6, 6.07) is 23.5. The van der Waals surface area contributed by atoms with Crippen LogP contribution in [0.25, 0.3) is 10.8 Å². The minimum atomic E-state index is -0.598. The molecule has 0 bridgehead atoms. The van der Waals surface area contributed by atoms with E-state index in [1.54, 1.807) is 6.20 Å². The lowest BCUT2D eigenvalue weighted by molar-refractivity contribution is -0.122. The Labute approximate surface area is 198 Å². The number of hydrogen-bond acceptors (Lipinski definition) is 4. The molecule has 1 atom stereocenters. The molecule has 34 heavy (non-hydrogen) atoms. The number of carbonyl (C=O) groups is 2. The fraction of sp³-hybridized carbons (Fsp3) is 0.222. The summed E-state index contributed by atoms with van der Waals surface area (Å²) in [4.78, 5) is 26.1. The maximum atomic E-state index is 13.1. The highest BCUT2D eigenvalue weighted by atomic mass is 16.2. The Morgan fingerprint density at radius 1 is 1.00 bits per heavy atom. The van der Waals surface area contributed by atoms with Gasteiger partial charge >= 0.3 is 0 Å². The number of H-pyrrole nitrogens is 1. The molecule has 1 fully saturated rings. The van der Waals surface area contributed by atoms with Gasteiger partial charge in [0.05, 0.1) is 12.2 Å². The van der Waals surface area contributed by atoms with Crippen LogP contribution in [-0.4, -0.2) is 34.1 Å². The number of para-hydroxylation sites is 1. The highest BCUT2D eigenvalue weighted by Gasteiger charge is 2.50. The van der Waals surface area contributed by atoms with Crippen LogP contribution in [0.5, 0.6) is 0 Å². The number of aromatic nitrogens is 2. The monoisotopic (exact) mass is 453 g/mol. The van der Waals surface area contributed by atoms with E-state index in [1.807, 2.05) is 67.6 Å². The summed E-state index contributed by atoms with van der Waals surface area (Å²) >= 11 is 0. The summed E-state index contributed by atoms with van der Waals surface area (Å²) < 4.78 is 0. The number of fused-ring (bicyclic) bond motifs is 1. The molecule has 5 rings (SSSR count). The molecule has 172 valence electrons. The molecule has 0 aliphatic heterocycles. The number of aromatic amines is 1. The third-order valence-electron chi connectivity index (χ3n) is 6.35. The van der Waals surface area contributed by atoms with E-state index in [4.69, 9.17) is 0 Å². The molecule has 0 radical (unpaired) electrons. The molecular weight excluding hydrogens is 426 g/mol. The first kappa shape index (κ1) is 21.7. The molecule has 0 saturated heterocycles. The van der Waals surface area contributed by atoms with E-state index in [9.17, 15) is 9.59 Å². The normalized spacial score (nSPS) is 14.9. The smallest absolute Gasteiger partial charge is 0.270 e. The molecule has 1 heterocycles. The van der Waals surface area contributed by atoms with Gasteiger partial charge in [0.15, 0.2) is 0 Å². The Morgan fingerprint density at radius 2 is 1.74 bits per heavy atom. The summed E-state index contributed by atoms with van der Waals surface area (Å²) in [5.74, 6) is -0.319. The van der Waals surface area contributed by atoms with Gasteiger partial charge in [0, 0.05) is 12.2 Å². The predicted molar refractivity (Wildman–Crippen MR) is 133 cm³/mol. The molecule has 1 aliphatic rings. The number of anilines is 1. The van der Waals surface area contributed by atoms with E-state index in [1.165, 1.54) is 0 Å². The average molecular weight is 454 g/mol. The van der Waals surface area contributed by atoms with E-state index in [2.05, 4.69) is 38.3 Å². The Balaban J connectivity index is 1.35. The molecule has 3 aromatic carbocycles. The molecule has 1 aromatic heterocycles. The molecule has 2 amide bonds. The molecule has 0 spiro atoms. The first-order valence-electron chi connectivity index (χ1n) is 11.5. The fourth-order valence-corrected chi connectivity index (χ4v) is 4.18. The van der Waals surface area contributed by atoms with Crippen molar-refractivity contribution in [3.63, 3.8) is 0 Å². The van der Waals surface area contributed by atoms with Crippen molar-refractivity contribution in [2.75, 3.05) is 11.9 Å². The number of aryl methyl sites for hydroxylation is 1. The van der Waals surface area contributed by atoms with Gasteiger partial charge in [-0.1, -0.05) is 54.6 Å². The van der Waals surface area contributed by atoms with E-state index in [0.29, 0.717) is 5.69 Å². The second kappa shape index (κ2) is 9.02. The van der Waals surface area contributed by atoms with Crippen molar-refractivity contribution in [2.45, 2.75) is 31.3 Å². The molecule has 1 saturated carbocycles. The van der Waals surface area contributed by atoms with Gasteiger partial charge < -0.3 is 16.0 Å². The average Bonchev–Trinajstić information content (AvgIpc) is 3.52. The highest BCUT2D eigenvalue weighted by molar-refractivity contribution is 5.94. The van der Waals surface area contributed by atoms with Crippen LogP contribution in [0, 0.1) is 6.92 Å². The molecular formula is C27H27N5O2. The number of benzene rings is 3. The van der Waals surface area contributed by atoms with Crippen LogP contribution in [0.3, 0.4) is 0 Å². The maximum absolute atomic E-state index is 13.1. The van der Waals surface area contributed by atoms with Crippen LogP contribution >= 0.6 is 0 Å². The van der Waals surface area contributed by atoms with Gasteiger partial charge in [-0.2, -0.15) is 5.10 Å². The number of nitrogens with zero attached hydrogens (tertiary/aromatic N) is 1. The van der Waals surface area contributed by atoms with E-state index >= 15 is 0 Å². The topological polar surface area (TPSA) is 98.9 Å². The first-order chi connectivity index (χ1) is 16.5. The lowest BCUT2D eigenvalue weighted by atomic mass is 10.0. The minimum absolute atomic E-state index is 0.0610. The van der Waals surface area contributed by atoms with Crippen LogP contribution in [0.4, 0.5) is 5.69 Å². The quantitative estimate of drug-likeness (QED) is 0.323. The molecule has 1 unspecified atom stereocenters. The summed E-state index contributed by atoms with van der Waals surface area (Å²) in [6.45, 7) is 2.10. The van der Waals surface area contributed by atoms with Gasteiger partial charge in [-0.05, 0) is 59.9 Å². The SMILES string of the molecule is Cc1cn[nH]c1C(=O)NC(CNC(=O)C1(Nc2ccccc2)CC1)c1ccc2ccccc2c1. The van der Waals surface area contributed by atoms with Crippen LogP contribution in [0.15, 0.2) is 79.0 Å². The standard InChI is InChI=1S/C27H27N5O2/c1-18-16-29-32-24(18)25(33)30-23(21-12-11-19-7-5-6-8-20(19)15-21)17-28-26(34)27(13-14-27)31-22-9-3-2-4-10-22/h2-12,15-16,23,31H,13-14,17H2,1H3,(H,28,34)(H,29,32)(H,30,33). The molecule has 7 heteroatoms. The van der Waals surface area contributed by atoms with E-state index < -0.39 is 11.6 Å². The van der Waals surface area contributed by atoms with Crippen LogP contribution in [0.1, 0.15) is 40.5 Å². The van der Waals surface area contributed by atoms with E-state index in [-0.39, 0.29) is 18.4 Å². The van der Waals surface area contributed by atoms with Crippen LogP contribution < -0.4 is 16.0 Å². The Kier molecular flexibility index (Phi) is 5.76. The second-order valence-electron chi connectivity index (χ2n) is 8.84. The minimum Gasteiger partial charge on any atom is -0.371 e. The zero-order chi connectivity index (χ0) is 23.5. The number of hydrogen-bond donors (Lipinski definition) is 4. The van der Waals surface area contributed by atoms with Gasteiger partial charge in [-0.3, -0.25) is 14.7 Å². The molecule has 4 aromatic rings. The molecule has 7 nitrogen and oxygen atoms in total. The second-order valence-corrected chi connectivity index (χ2v) is 8.84. The van der Waals surface area contributed by atoms with Crippen LogP contribution in [0.2, 0.25) is 0 Å². The number of carbonyl (C=O) groups excluding carboxylic acids is 2. The summed E-state index contributed by atoms with van der Waals surface area (Å²) in [5.41, 5.74) is 2.43. The predicted octanol–water partition coefficient (Wildman–Crippen LogP) is 4.10. The van der Waals surface area contributed by atoms with Crippen molar-refractivity contribution in [3.05, 3.63) is 95.8 Å². The Hall–Kier alpha value is -4.13. The van der Waals surface area contributed by atoms with E-state index in [0.717, 1.165) is 40.4 Å². The lowest BCUT2D eigenvalue weighted by Gasteiger charge is -2.23. The van der Waals surface area contributed by atoms with Crippen molar-refractivity contribution >= 4 is 28.3 Å². The molecule has 4 N–H and O–H groups in total. The van der Waals surface area contributed by atoms with Crippen molar-refractivity contribution in [3.8, 4) is 0 Å². The zero-order valence-corrected chi connectivity index (χ0v) is 19.0. The summed E-state index contributed by atoms with van der Waals surface area (Å²) in [5, 5.41) is 18.4. The third kappa shape index (κ3) is 4.50. The third-order valence-corrected chi connectivity index (χ3v) is 6.35. The summed E-state index contributed by atoms with van der Waals surface area (Å²) in [7, 11) is 0. The maximum Gasteiger partial charge on any atom is 0.270 e. The van der Waals surface area contributed by atoms with Gasteiger partial charge in [0.25, 0.3) is 5.91 Å². The van der Waals surface area contributed by atoms with Gasteiger partial charge in [-0.15, -0.1) is 0 Å². The van der Waals surface area contributed by atoms with Crippen molar-refractivity contribution < 1.29 is 9.59 Å². The van der Waals surface area contributed by atoms with Crippen molar-refractivity contribution in [2.24, 2.45) is 0 Å². The fourth-order valence-electron chi connectivity index (χ4n) is 4.18. The van der Waals surface area contributed by atoms with Crippen LogP contribution in [-0.2, 0) is 4.79 Å². The largest absolute Gasteiger partial charge is 0.371 e. The number of rotatable bonds is 8.